The van der Waals surface area contributed by atoms with Gasteiger partial charge >= 0.3 is 11.9 Å². The van der Waals surface area contributed by atoms with Gasteiger partial charge in [-0.2, -0.15) is 5.26 Å². The summed E-state index contributed by atoms with van der Waals surface area (Å²) in [5.41, 5.74) is 16.5. The number of carboxylic acids is 2. The maximum absolute atomic E-state index is 11.5. The van der Waals surface area contributed by atoms with Gasteiger partial charge in [0, 0.05) is 44.3 Å². The van der Waals surface area contributed by atoms with E-state index in [1.165, 1.54) is 17.7 Å². The fraction of sp³-hybridized carbons (Fsp3) is 0.0690. The molecule has 8 nitrogen and oxygen atoms in total. The zero-order chi connectivity index (χ0) is 45.4. The summed E-state index contributed by atoms with van der Waals surface area (Å²) in [6.45, 7) is 0. The quantitative estimate of drug-likeness (QED) is 0.103. The number of benzene rings is 6. The maximum atomic E-state index is 11.5. The number of nitriles is 1. The van der Waals surface area contributed by atoms with Crippen molar-refractivity contribution in [3.05, 3.63) is 234 Å². The van der Waals surface area contributed by atoms with Gasteiger partial charge < -0.3 is 15.2 Å². The molecule has 2 N–H and O–H groups in total. The molecule has 67 heavy (non-hydrogen) atoms. The van der Waals surface area contributed by atoms with Gasteiger partial charge in [0.1, 0.15) is 11.4 Å². The number of aromatic carboxylic acids is 2. The van der Waals surface area contributed by atoms with Gasteiger partial charge in [-0.25, -0.2) is 19.6 Å². The number of carbonyl (C=O) groups is 2. The molecule has 0 bridgehead atoms. The van der Waals surface area contributed by atoms with E-state index in [-0.39, 0.29) is 31.5 Å². The SMILES string of the molecule is N#Cc1cc[c-]c(-c2cc(-c3ccc(-c4ccc(-c5ccccc5)cc4)cc3)c(-c3ccccc3-c3cc(CCc4ccc(C(=O)O)nc4)cc(CCc4ccc(C(=O)O)nc4)c3)cn2)c1.[Ir]. The molecule has 0 atom stereocenters. The number of hydrogen-bond donors (Lipinski definition) is 2. The minimum atomic E-state index is -1.06. The molecule has 3 heterocycles. The first-order chi connectivity index (χ1) is 32.3. The Morgan fingerprint density at radius 1 is 0.463 bits per heavy atom. The number of hydrogen-bond acceptors (Lipinski definition) is 6. The van der Waals surface area contributed by atoms with E-state index in [0.717, 1.165) is 77.9 Å². The van der Waals surface area contributed by atoms with Crippen molar-refractivity contribution < 1.29 is 39.9 Å². The molecule has 9 aromatic rings. The molecular formula is C58H41IrN4O4-. The summed E-state index contributed by atoms with van der Waals surface area (Å²) in [7, 11) is 0. The van der Waals surface area contributed by atoms with E-state index in [4.69, 9.17) is 4.98 Å². The molecule has 9 heteroatoms. The molecule has 0 saturated heterocycles. The summed E-state index contributed by atoms with van der Waals surface area (Å²) in [6, 6.07) is 62.1. The van der Waals surface area contributed by atoms with Crippen molar-refractivity contribution in [3.63, 3.8) is 0 Å². The summed E-state index contributed by atoms with van der Waals surface area (Å²) >= 11 is 0. The van der Waals surface area contributed by atoms with Crippen LogP contribution >= 0.6 is 0 Å². The molecule has 327 valence electrons. The first kappa shape index (κ1) is 45.4. The van der Waals surface area contributed by atoms with Crippen LogP contribution in [-0.2, 0) is 45.8 Å². The Labute approximate surface area is 402 Å². The predicted octanol–water partition coefficient (Wildman–Crippen LogP) is 12.5. The molecule has 1 radical (unpaired) electrons. The van der Waals surface area contributed by atoms with Crippen molar-refractivity contribution in [2.75, 3.05) is 0 Å². The van der Waals surface area contributed by atoms with Crippen molar-refractivity contribution in [3.8, 4) is 73.0 Å². The first-order valence-electron chi connectivity index (χ1n) is 21.6. The summed E-state index contributed by atoms with van der Waals surface area (Å²) in [4.78, 5) is 36.2. The van der Waals surface area contributed by atoms with Crippen LogP contribution in [0.25, 0.3) is 66.9 Å². The molecule has 0 amide bonds. The Kier molecular flexibility index (Phi) is 14.1. The van der Waals surface area contributed by atoms with Crippen LogP contribution in [0.3, 0.4) is 0 Å². The van der Waals surface area contributed by atoms with Crippen LogP contribution in [0.15, 0.2) is 188 Å². The number of pyridine rings is 3. The topological polar surface area (TPSA) is 137 Å². The summed E-state index contributed by atoms with van der Waals surface area (Å²) in [5, 5.41) is 28.5. The molecular weight excluding hydrogens is 1010 g/mol. The fourth-order valence-electron chi connectivity index (χ4n) is 8.22. The minimum Gasteiger partial charge on any atom is -0.477 e. The second-order valence-corrected chi connectivity index (χ2v) is 16.0. The van der Waals surface area contributed by atoms with E-state index < -0.39 is 11.9 Å². The minimum absolute atomic E-state index is 0. The third kappa shape index (κ3) is 10.7. The van der Waals surface area contributed by atoms with Crippen LogP contribution < -0.4 is 0 Å². The molecule has 0 spiro atoms. The molecule has 0 aliphatic heterocycles. The fourth-order valence-corrected chi connectivity index (χ4v) is 8.22. The molecule has 0 unspecified atom stereocenters. The van der Waals surface area contributed by atoms with Crippen molar-refractivity contribution in [1.82, 2.24) is 15.0 Å². The molecule has 9 rings (SSSR count). The Morgan fingerprint density at radius 2 is 0.970 bits per heavy atom. The first-order valence-corrected chi connectivity index (χ1v) is 21.6. The second kappa shape index (κ2) is 20.8. The van der Waals surface area contributed by atoms with Gasteiger partial charge in [0.2, 0.25) is 0 Å². The molecule has 0 aliphatic carbocycles. The van der Waals surface area contributed by atoms with Gasteiger partial charge in [0.05, 0.1) is 6.07 Å². The summed E-state index contributed by atoms with van der Waals surface area (Å²) < 4.78 is 0. The van der Waals surface area contributed by atoms with E-state index in [0.29, 0.717) is 36.9 Å². The zero-order valence-corrected chi connectivity index (χ0v) is 38.5. The third-order valence-corrected chi connectivity index (χ3v) is 11.7. The normalized spacial score (nSPS) is 10.7. The van der Waals surface area contributed by atoms with Gasteiger partial charge in [-0.1, -0.05) is 140 Å². The van der Waals surface area contributed by atoms with Crippen LogP contribution in [0.4, 0.5) is 0 Å². The maximum Gasteiger partial charge on any atom is 0.354 e. The van der Waals surface area contributed by atoms with Crippen LogP contribution in [0.2, 0.25) is 0 Å². The predicted molar refractivity (Wildman–Crippen MR) is 258 cm³/mol. The number of aromatic nitrogens is 3. The van der Waals surface area contributed by atoms with Crippen LogP contribution in [0.5, 0.6) is 0 Å². The average molecular weight is 1050 g/mol. The summed E-state index contributed by atoms with van der Waals surface area (Å²) in [6.07, 6.45) is 7.85. The van der Waals surface area contributed by atoms with Gasteiger partial charge in [0.25, 0.3) is 0 Å². The molecule has 3 aromatic heterocycles. The molecule has 6 aromatic carbocycles. The smallest absolute Gasteiger partial charge is 0.354 e. The van der Waals surface area contributed by atoms with Crippen molar-refractivity contribution in [2.24, 2.45) is 0 Å². The van der Waals surface area contributed by atoms with E-state index in [1.54, 1.807) is 24.5 Å². The largest absolute Gasteiger partial charge is 0.477 e. The third-order valence-electron chi connectivity index (χ3n) is 11.7. The number of nitrogens with zero attached hydrogens (tertiary/aromatic N) is 4. The van der Waals surface area contributed by atoms with Crippen LogP contribution in [-0.4, -0.2) is 37.1 Å². The van der Waals surface area contributed by atoms with Gasteiger partial charge in [-0.3, -0.25) is 0 Å². The van der Waals surface area contributed by atoms with Crippen molar-refractivity contribution in [2.45, 2.75) is 25.7 Å². The van der Waals surface area contributed by atoms with Crippen molar-refractivity contribution in [1.29, 1.82) is 5.26 Å². The Morgan fingerprint density at radius 3 is 1.49 bits per heavy atom. The number of aryl methyl sites for hydroxylation is 4. The van der Waals surface area contributed by atoms with Crippen LogP contribution in [0.1, 0.15) is 48.8 Å². The second-order valence-electron chi connectivity index (χ2n) is 16.0. The molecule has 0 fully saturated rings. The number of rotatable bonds is 14. The Hall–Kier alpha value is -8.15. The molecule has 0 aliphatic rings. The monoisotopic (exact) mass is 1050 g/mol. The van der Waals surface area contributed by atoms with Crippen molar-refractivity contribution >= 4 is 11.9 Å². The van der Waals surface area contributed by atoms with Gasteiger partial charge in [-0.05, 0) is 121 Å². The Bertz CT molecular complexity index is 3160. The van der Waals surface area contributed by atoms with Gasteiger partial charge in [0.15, 0.2) is 0 Å². The van der Waals surface area contributed by atoms with E-state index in [1.807, 2.05) is 54.7 Å². The standard InChI is InChI=1S/C58H41N4O4.Ir/c59-34-42-7-6-10-48(32-42)56-33-52(47-25-23-46(24-26-47)45-21-19-44(20-22-45)43-8-2-1-3-9-43)53(37-62-56)51-12-5-4-11-50(51)49-30-40(15-13-38-17-27-54(57(63)64)60-35-38)29-41(31-49)16-14-39-18-28-55(58(65)66)61-36-39;/h1-9,11-12,17-33,35-37H,13-16H2,(H,63,64)(H,65,66);/q-1;. The van der Waals surface area contributed by atoms with E-state index >= 15 is 0 Å². The van der Waals surface area contributed by atoms with Gasteiger partial charge in [-0.15, -0.1) is 29.8 Å². The van der Waals surface area contributed by atoms with E-state index in [9.17, 15) is 25.1 Å². The Balaban J connectivity index is 0.00000608. The van der Waals surface area contributed by atoms with E-state index in [2.05, 4.69) is 119 Å². The summed E-state index contributed by atoms with van der Waals surface area (Å²) in [5.74, 6) is -2.13. The van der Waals surface area contributed by atoms with Crippen LogP contribution in [0, 0.1) is 17.4 Å². The average Bonchev–Trinajstić information content (AvgIpc) is 3.38. The molecule has 0 saturated carbocycles. The number of carboxylic acid groups (broad SMARTS) is 2. The zero-order valence-electron chi connectivity index (χ0n) is 36.1.